The van der Waals surface area contributed by atoms with E-state index >= 15 is 0 Å². The number of aromatic nitrogens is 2. The lowest BCUT2D eigenvalue weighted by Gasteiger charge is -2.16. The van der Waals surface area contributed by atoms with E-state index in [-0.39, 0.29) is 11.9 Å². The second-order valence-corrected chi connectivity index (χ2v) is 4.78. The number of rotatable bonds is 4. The zero-order valence-electron chi connectivity index (χ0n) is 11.9. The maximum absolute atomic E-state index is 11.9. The zero-order valence-corrected chi connectivity index (χ0v) is 11.9. The average Bonchev–Trinajstić information content (AvgIpc) is 2.47. The van der Waals surface area contributed by atoms with Crippen molar-refractivity contribution in [3.05, 3.63) is 54.1 Å². The second kappa shape index (κ2) is 6.14. The van der Waals surface area contributed by atoms with Crippen molar-refractivity contribution in [3.63, 3.8) is 0 Å². The van der Waals surface area contributed by atoms with Gasteiger partial charge in [-0.3, -0.25) is 14.8 Å². The molecule has 5 heteroatoms. The van der Waals surface area contributed by atoms with E-state index in [2.05, 4.69) is 15.3 Å². The Bertz CT molecular complexity index is 583. The molecule has 1 amide bonds. The molecule has 5 nitrogen and oxygen atoms in total. The van der Waals surface area contributed by atoms with Gasteiger partial charge in [-0.1, -0.05) is 6.07 Å². The SMILES string of the molecule is CC(Nc1ccnc(C(=O)N(C)C)c1)c1cccnc1. The molecule has 2 heterocycles. The Balaban J connectivity index is 2.14. The number of nitrogens with zero attached hydrogens (tertiary/aromatic N) is 3. The topological polar surface area (TPSA) is 58.1 Å². The summed E-state index contributed by atoms with van der Waals surface area (Å²) in [7, 11) is 3.42. The predicted molar refractivity (Wildman–Crippen MR) is 78.5 cm³/mol. The van der Waals surface area contributed by atoms with E-state index in [1.54, 1.807) is 32.6 Å². The third-order valence-corrected chi connectivity index (χ3v) is 2.95. The van der Waals surface area contributed by atoms with Gasteiger partial charge < -0.3 is 10.2 Å². The van der Waals surface area contributed by atoms with Crippen molar-refractivity contribution in [3.8, 4) is 0 Å². The smallest absolute Gasteiger partial charge is 0.272 e. The Kier molecular flexibility index (Phi) is 4.30. The monoisotopic (exact) mass is 270 g/mol. The lowest BCUT2D eigenvalue weighted by Crippen LogP contribution is -2.22. The molecule has 0 aromatic carbocycles. The molecule has 0 aliphatic carbocycles. The molecule has 0 spiro atoms. The molecule has 0 saturated heterocycles. The van der Waals surface area contributed by atoms with Crippen molar-refractivity contribution in [2.24, 2.45) is 0 Å². The fourth-order valence-electron chi connectivity index (χ4n) is 1.83. The van der Waals surface area contributed by atoms with Crippen LogP contribution in [0.3, 0.4) is 0 Å². The Morgan fingerprint density at radius 2 is 2.10 bits per heavy atom. The Morgan fingerprint density at radius 3 is 2.75 bits per heavy atom. The largest absolute Gasteiger partial charge is 0.378 e. The summed E-state index contributed by atoms with van der Waals surface area (Å²) in [6, 6.07) is 7.63. The molecule has 0 fully saturated rings. The van der Waals surface area contributed by atoms with Crippen LogP contribution in [0.15, 0.2) is 42.9 Å². The van der Waals surface area contributed by atoms with Crippen molar-refractivity contribution in [2.45, 2.75) is 13.0 Å². The highest BCUT2D eigenvalue weighted by Gasteiger charge is 2.11. The molecule has 1 unspecified atom stereocenters. The highest BCUT2D eigenvalue weighted by molar-refractivity contribution is 5.92. The summed E-state index contributed by atoms with van der Waals surface area (Å²) in [5.41, 5.74) is 2.38. The van der Waals surface area contributed by atoms with Crippen LogP contribution < -0.4 is 5.32 Å². The van der Waals surface area contributed by atoms with Crippen molar-refractivity contribution < 1.29 is 4.79 Å². The number of carbonyl (C=O) groups is 1. The van der Waals surface area contributed by atoms with Crippen molar-refractivity contribution >= 4 is 11.6 Å². The van der Waals surface area contributed by atoms with Crippen LogP contribution in [-0.4, -0.2) is 34.9 Å². The predicted octanol–water partition coefficient (Wildman–Crippen LogP) is 2.35. The number of hydrogen-bond acceptors (Lipinski definition) is 4. The highest BCUT2D eigenvalue weighted by Crippen LogP contribution is 2.18. The first-order chi connectivity index (χ1) is 9.58. The zero-order chi connectivity index (χ0) is 14.5. The third-order valence-electron chi connectivity index (χ3n) is 2.95. The molecule has 104 valence electrons. The quantitative estimate of drug-likeness (QED) is 0.926. The van der Waals surface area contributed by atoms with E-state index in [4.69, 9.17) is 0 Å². The van der Waals surface area contributed by atoms with Gasteiger partial charge >= 0.3 is 0 Å². The molecule has 0 aliphatic rings. The van der Waals surface area contributed by atoms with Gasteiger partial charge in [-0.15, -0.1) is 0 Å². The summed E-state index contributed by atoms with van der Waals surface area (Å²) in [6.07, 6.45) is 5.20. The summed E-state index contributed by atoms with van der Waals surface area (Å²) in [5.74, 6) is -0.109. The lowest BCUT2D eigenvalue weighted by atomic mass is 10.1. The molecule has 1 atom stereocenters. The summed E-state index contributed by atoms with van der Waals surface area (Å²) < 4.78 is 0. The van der Waals surface area contributed by atoms with E-state index in [0.717, 1.165) is 11.3 Å². The van der Waals surface area contributed by atoms with Crippen LogP contribution in [0, 0.1) is 0 Å². The molecule has 0 radical (unpaired) electrons. The van der Waals surface area contributed by atoms with E-state index in [1.165, 1.54) is 4.90 Å². The minimum Gasteiger partial charge on any atom is -0.378 e. The molecule has 1 N–H and O–H groups in total. The van der Waals surface area contributed by atoms with Crippen LogP contribution in [0.5, 0.6) is 0 Å². The summed E-state index contributed by atoms with van der Waals surface area (Å²) in [4.78, 5) is 21.6. The van der Waals surface area contributed by atoms with Gasteiger partial charge in [-0.25, -0.2) is 0 Å². The van der Waals surface area contributed by atoms with Crippen LogP contribution in [-0.2, 0) is 0 Å². The van der Waals surface area contributed by atoms with Crippen LogP contribution in [0.4, 0.5) is 5.69 Å². The summed E-state index contributed by atoms with van der Waals surface area (Å²) in [5, 5.41) is 3.34. The minimum atomic E-state index is -0.109. The van der Waals surface area contributed by atoms with Gasteiger partial charge in [-0.2, -0.15) is 0 Å². The second-order valence-electron chi connectivity index (χ2n) is 4.78. The maximum atomic E-state index is 11.9. The fraction of sp³-hybridized carbons (Fsp3) is 0.267. The first-order valence-corrected chi connectivity index (χ1v) is 6.42. The standard InChI is InChI=1S/C15H18N4O/c1-11(12-5-4-7-16-10-12)18-13-6-8-17-14(9-13)15(20)19(2)3/h4-11H,1-3H3,(H,17,18). The fourth-order valence-corrected chi connectivity index (χ4v) is 1.83. The van der Waals surface area contributed by atoms with Crippen LogP contribution in [0.25, 0.3) is 0 Å². The molecule has 0 aliphatic heterocycles. The number of nitrogens with one attached hydrogen (secondary N) is 1. The van der Waals surface area contributed by atoms with Gasteiger partial charge in [0.15, 0.2) is 0 Å². The van der Waals surface area contributed by atoms with Gasteiger partial charge in [-0.05, 0) is 30.7 Å². The first-order valence-electron chi connectivity index (χ1n) is 6.42. The van der Waals surface area contributed by atoms with Crippen LogP contribution in [0.1, 0.15) is 29.0 Å². The number of hydrogen-bond donors (Lipinski definition) is 1. The third kappa shape index (κ3) is 3.32. The van der Waals surface area contributed by atoms with Crippen molar-refractivity contribution in [1.82, 2.24) is 14.9 Å². The Hall–Kier alpha value is -2.43. The number of pyridine rings is 2. The molecular formula is C15H18N4O. The highest BCUT2D eigenvalue weighted by atomic mass is 16.2. The Morgan fingerprint density at radius 1 is 1.30 bits per heavy atom. The van der Waals surface area contributed by atoms with Gasteiger partial charge in [0.25, 0.3) is 5.91 Å². The maximum Gasteiger partial charge on any atom is 0.272 e. The number of amides is 1. The molecule has 2 rings (SSSR count). The van der Waals surface area contributed by atoms with E-state index < -0.39 is 0 Å². The molecule has 20 heavy (non-hydrogen) atoms. The molecule has 0 bridgehead atoms. The van der Waals surface area contributed by atoms with E-state index in [1.807, 2.05) is 31.3 Å². The van der Waals surface area contributed by atoms with Gasteiger partial charge in [0.2, 0.25) is 0 Å². The molecule has 2 aromatic heterocycles. The molecule has 0 saturated carbocycles. The van der Waals surface area contributed by atoms with Gasteiger partial charge in [0, 0.05) is 38.4 Å². The van der Waals surface area contributed by atoms with Crippen molar-refractivity contribution in [1.29, 1.82) is 0 Å². The number of anilines is 1. The lowest BCUT2D eigenvalue weighted by molar-refractivity contribution is 0.0822. The normalized spacial score (nSPS) is 11.8. The van der Waals surface area contributed by atoms with E-state index in [9.17, 15) is 4.79 Å². The van der Waals surface area contributed by atoms with Crippen LogP contribution >= 0.6 is 0 Å². The van der Waals surface area contributed by atoms with Crippen molar-refractivity contribution in [2.75, 3.05) is 19.4 Å². The molecule has 2 aromatic rings. The minimum absolute atomic E-state index is 0.105. The summed E-state index contributed by atoms with van der Waals surface area (Å²) in [6.45, 7) is 2.05. The number of carbonyl (C=O) groups excluding carboxylic acids is 1. The molecular weight excluding hydrogens is 252 g/mol. The average molecular weight is 270 g/mol. The van der Waals surface area contributed by atoms with Crippen LogP contribution in [0.2, 0.25) is 0 Å². The van der Waals surface area contributed by atoms with E-state index in [0.29, 0.717) is 5.69 Å². The first kappa shape index (κ1) is 14.0. The Labute approximate surface area is 118 Å². The summed E-state index contributed by atoms with van der Waals surface area (Å²) >= 11 is 0. The van der Waals surface area contributed by atoms with Gasteiger partial charge in [0.05, 0.1) is 6.04 Å². The van der Waals surface area contributed by atoms with Gasteiger partial charge in [0.1, 0.15) is 5.69 Å².